The van der Waals surface area contributed by atoms with Gasteiger partial charge in [0.15, 0.2) is 0 Å². The number of piperidine rings is 1. The first-order valence-corrected chi connectivity index (χ1v) is 14.0. The third-order valence-electron chi connectivity index (χ3n) is 7.02. The highest BCUT2D eigenvalue weighted by Gasteiger charge is 2.35. The van der Waals surface area contributed by atoms with Gasteiger partial charge in [-0.2, -0.15) is 0 Å². The van der Waals surface area contributed by atoms with Crippen molar-refractivity contribution in [1.82, 2.24) is 25.1 Å². The first-order valence-electron chi connectivity index (χ1n) is 13.6. The predicted octanol–water partition coefficient (Wildman–Crippen LogP) is 4.51. The summed E-state index contributed by atoms with van der Waals surface area (Å²) in [6, 6.07) is 15.6. The van der Waals surface area contributed by atoms with Crippen molar-refractivity contribution in [2.24, 2.45) is 0 Å². The van der Waals surface area contributed by atoms with Crippen LogP contribution in [0.2, 0.25) is 5.02 Å². The number of aromatic nitrogens is 2. The van der Waals surface area contributed by atoms with E-state index >= 15 is 0 Å². The number of nitrogens with zero attached hydrogens (tertiary/aromatic N) is 2. The van der Waals surface area contributed by atoms with E-state index in [4.69, 9.17) is 16.3 Å². The van der Waals surface area contributed by atoms with Crippen molar-refractivity contribution >= 4 is 40.4 Å². The van der Waals surface area contributed by atoms with Crippen LogP contribution in [0.15, 0.2) is 77.9 Å². The van der Waals surface area contributed by atoms with Gasteiger partial charge in [-0.3, -0.25) is 19.0 Å². The molecule has 3 N–H and O–H groups in total. The van der Waals surface area contributed by atoms with E-state index in [0.29, 0.717) is 34.8 Å². The van der Waals surface area contributed by atoms with Crippen molar-refractivity contribution in [1.29, 1.82) is 0 Å². The lowest BCUT2D eigenvalue weighted by Gasteiger charge is -2.39. The fraction of sp³-hybridized carbons (Fsp3) is 0.290. The highest BCUT2D eigenvalue weighted by molar-refractivity contribution is 6.35. The van der Waals surface area contributed by atoms with Gasteiger partial charge in [0.1, 0.15) is 5.60 Å². The third-order valence-corrected chi connectivity index (χ3v) is 7.33. The van der Waals surface area contributed by atoms with E-state index in [9.17, 15) is 19.2 Å². The number of rotatable bonds is 5. The second-order valence-electron chi connectivity index (χ2n) is 11.2. The largest absolute Gasteiger partial charge is 0.444 e. The summed E-state index contributed by atoms with van der Waals surface area (Å²) in [5.41, 5.74) is 1.30. The zero-order valence-corrected chi connectivity index (χ0v) is 24.3. The number of amides is 3. The molecule has 42 heavy (non-hydrogen) atoms. The van der Waals surface area contributed by atoms with E-state index in [2.05, 4.69) is 15.6 Å². The van der Waals surface area contributed by atoms with Gasteiger partial charge in [-0.1, -0.05) is 23.7 Å². The number of likely N-dealkylation sites (tertiary alicyclic amines) is 1. The van der Waals surface area contributed by atoms with Gasteiger partial charge in [-0.25, -0.2) is 4.79 Å². The molecule has 3 amide bonds. The highest BCUT2D eigenvalue weighted by atomic mass is 35.5. The normalized spacial score (nSPS) is 17.1. The first kappa shape index (κ1) is 28.9. The molecule has 1 aliphatic heterocycles. The van der Waals surface area contributed by atoms with Crippen molar-refractivity contribution in [3.8, 4) is 5.69 Å². The van der Waals surface area contributed by atoms with Crippen molar-refractivity contribution in [3.63, 3.8) is 0 Å². The molecule has 11 heteroatoms. The van der Waals surface area contributed by atoms with Crippen LogP contribution in [-0.2, 0) is 4.74 Å². The Bertz CT molecular complexity index is 1690. The zero-order valence-electron chi connectivity index (χ0n) is 23.5. The molecule has 2 aromatic heterocycles. The van der Waals surface area contributed by atoms with E-state index in [1.807, 2.05) is 0 Å². The van der Waals surface area contributed by atoms with Crippen LogP contribution in [0.4, 0.5) is 4.79 Å². The van der Waals surface area contributed by atoms with Crippen LogP contribution in [-0.4, -0.2) is 63.1 Å². The molecule has 1 fully saturated rings. The van der Waals surface area contributed by atoms with E-state index in [1.165, 1.54) is 15.5 Å². The van der Waals surface area contributed by atoms with Gasteiger partial charge < -0.3 is 25.3 Å². The molecule has 5 rings (SSSR count). The van der Waals surface area contributed by atoms with Crippen molar-refractivity contribution in [2.75, 3.05) is 13.1 Å². The number of carbonyl (C=O) groups excluding carboxylic acids is 3. The molecule has 0 spiro atoms. The summed E-state index contributed by atoms with van der Waals surface area (Å²) in [4.78, 5) is 56.2. The van der Waals surface area contributed by atoms with E-state index in [-0.39, 0.29) is 23.9 Å². The van der Waals surface area contributed by atoms with Gasteiger partial charge in [0, 0.05) is 59.3 Å². The minimum Gasteiger partial charge on any atom is -0.444 e. The number of carbonyl (C=O) groups is 3. The molecule has 1 aliphatic rings. The Morgan fingerprint density at radius 3 is 2.36 bits per heavy atom. The number of aromatic amines is 1. The Morgan fingerprint density at radius 1 is 0.952 bits per heavy atom. The summed E-state index contributed by atoms with van der Waals surface area (Å²) >= 11 is 6.17. The summed E-state index contributed by atoms with van der Waals surface area (Å²) in [7, 11) is 0. The second kappa shape index (κ2) is 11.7. The monoisotopic (exact) mass is 589 g/mol. The smallest absolute Gasteiger partial charge is 0.410 e. The van der Waals surface area contributed by atoms with Crippen molar-refractivity contribution < 1.29 is 19.1 Å². The van der Waals surface area contributed by atoms with Crippen molar-refractivity contribution in [2.45, 2.75) is 44.9 Å². The lowest BCUT2D eigenvalue weighted by atomic mass is 9.98. The molecule has 1 saturated heterocycles. The van der Waals surface area contributed by atoms with Crippen LogP contribution in [0.5, 0.6) is 0 Å². The number of hydrogen-bond acceptors (Lipinski definition) is 5. The molecule has 0 aliphatic carbocycles. The summed E-state index contributed by atoms with van der Waals surface area (Å²) in [6.07, 6.45) is 3.23. The number of hydrogen-bond donors (Lipinski definition) is 3. The summed E-state index contributed by atoms with van der Waals surface area (Å²) < 4.78 is 7.03. The van der Waals surface area contributed by atoms with Crippen LogP contribution >= 0.6 is 11.6 Å². The maximum Gasteiger partial charge on any atom is 0.410 e. The number of nitrogens with one attached hydrogen (secondary N) is 3. The number of halogens is 1. The molecule has 2 unspecified atom stereocenters. The molecule has 218 valence electrons. The Balaban J connectivity index is 1.34. The van der Waals surface area contributed by atoms with Gasteiger partial charge in [-0.05, 0) is 69.7 Å². The Morgan fingerprint density at radius 2 is 1.64 bits per heavy atom. The van der Waals surface area contributed by atoms with Crippen molar-refractivity contribution in [3.05, 3.63) is 99.6 Å². The molecule has 10 nitrogen and oxygen atoms in total. The minimum atomic E-state index is -0.678. The SMILES string of the molecule is CC(C)(C)OC(=O)N1CCC(NC(=O)c2ccc3c(Cl)c[nH]c3c2)C(NC(=O)c2ccc(-n3ccccc3=O)cc2)C1. The average Bonchev–Trinajstić information content (AvgIpc) is 3.33. The molecular weight excluding hydrogens is 558 g/mol. The molecule has 0 saturated carbocycles. The Kier molecular flexibility index (Phi) is 8.08. The molecule has 2 aromatic carbocycles. The third kappa shape index (κ3) is 6.49. The average molecular weight is 590 g/mol. The molecule has 3 heterocycles. The van der Waals surface area contributed by atoms with Gasteiger partial charge in [0.2, 0.25) is 0 Å². The Labute approximate surface area is 247 Å². The fourth-order valence-corrected chi connectivity index (χ4v) is 5.13. The summed E-state index contributed by atoms with van der Waals surface area (Å²) in [5.74, 6) is -0.685. The second-order valence-corrected chi connectivity index (χ2v) is 11.6. The number of ether oxygens (including phenoxy) is 1. The highest BCUT2D eigenvalue weighted by Crippen LogP contribution is 2.24. The van der Waals surface area contributed by atoms with Crippen LogP contribution in [0.1, 0.15) is 47.9 Å². The van der Waals surface area contributed by atoms with E-state index < -0.39 is 23.8 Å². The molecule has 0 radical (unpaired) electrons. The van der Waals surface area contributed by atoms with E-state index in [0.717, 1.165) is 10.9 Å². The van der Waals surface area contributed by atoms with E-state index in [1.54, 1.807) is 87.8 Å². The van der Waals surface area contributed by atoms with Crippen LogP contribution in [0.25, 0.3) is 16.6 Å². The number of benzene rings is 2. The lowest BCUT2D eigenvalue weighted by Crippen LogP contribution is -2.61. The molecule has 0 bridgehead atoms. The lowest BCUT2D eigenvalue weighted by molar-refractivity contribution is 0.0161. The quantitative estimate of drug-likeness (QED) is 0.316. The molecule has 2 atom stereocenters. The minimum absolute atomic E-state index is 0.147. The maximum atomic E-state index is 13.3. The number of pyridine rings is 1. The summed E-state index contributed by atoms with van der Waals surface area (Å²) in [6.45, 7) is 5.86. The van der Waals surface area contributed by atoms with Gasteiger partial charge in [-0.15, -0.1) is 0 Å². The number of fused-ring (bicyclic) bond motifs is 1. The molecule has 4 aromatic rings. The van der Waals surface area contributed by atoms with Crippen LogP contribution < -0.4 is 16.2 Å². The predicted molar refractivity (Wildman–Crippen MR) is 160 cm³/mol. The summed E-state index contributed by atoms with van der Waals surface area (Å²) in [5, 5.41) is 7.42. The standard InChI is InChI=1S/C31H32ClN5O5/c1-31(2,3)42-30(41)36-15-13-24(34-29(40)20-9-12-22-23(32)17-33-25(22)16-20)26(18-36)35-28(39)19-7-10-21(11-8-19)37-14-5-4-6-27(37)38/h4-12,14,16-17,24,26,33H,13,15,18H2,1-3H3,(H,34,40)(H,35,39). The zero-order chi connectivity index (χ0) is 30.0. The topological polar surface area (TPSA) is 126 Å². The molecular formula is C31H32ClN5O5. The van der Waals surface area contributed by atoms with Crippen LogP contribution in [0.3, 0.4) is 0 Å². The maximum absolute atomic E-state index is 13.3. The van der Waals surface area contributed by atoms with Gasteiger partial charge in [0.25, 0.3) is 17.4 Å². The Hall–Kier alpha value is -4.57. The first-order chi connectivity index (χ1) is 20.0. The number of H-pyrrole nitrogens is 1. The fourth-order valence-electron chi connectivity index (χ4n) is 4.91. The van der Waals surface area contributed by atoms with Crippen LogP contribution in [0, 0.1) is 0 Å². The van der Waals surface area contributed by atoms with Gasteiger partial charge >= 0.3 is 6.09 Å². The van der Waals surface area contributed by atoms with Gasteiger partial charge in [0.05, 0.1) is 17.1 Å².